The maximum Gasteiger partial charge on any atom is 0.408 e. The van der Waals surface area contributed by atoms with Crippen molar-refractivity contribution < 1.29 is 23.5 Å². The standard InChI is InChI=1S/C26H27NO6S/c1-34-14-13-22(27-26(30)31-16-17-7-3-2-4-8-17)25(29)32-18-11-12-20-19-9-5-6-10-21(19)24(28)33-23(20)15-18/h2-4,7-8,11-12,15,22H,5-6,9-10,13-14,16H2,1H3,(H,27,30). The minimum Gasteiger partial charge on any atom is -0.445 e. The molecule has 1 amide bonds. The zero-order valence-electron chi connectivity index (χ0n) is 19.0. The average molecular weight is 482 g/mol. The second-order valence-electron chi connectivity index (χ2n) is 8.17. The molecule has 7 nitrogen and oxygen atoms in total. The number of hydrogen-bond acceptors (Lipinski definition) is 7. The number of fused-ring (bicyclic) bond motifs is 3. The number of carbonyl (C=O) groups excluding carboxylic acids is 2. The SMILES string of the molecule is CSCCC(NC(=O)OCc1ccccc1)C(=O)Oc1ccc2c3c(c(=O)oc2c1)CCCC3. The number of benzene rings is 2. The highest BCUT2D eigenvalue weighted by atomic mass is 32.2. The molecule has 0 spiro atoms. The molecule has 1 aromatic heterocycles. The molecule has 0 saturated heterocycles. The molecule has 2 aromatic carbocycles. The van der Waals surface area contributed by atoms with E-state index in [0.29, 0.717) is 17.8 Å². The van der Waals surface area contributed by atoms with Crippen molar-refractivity contribution >= 4 is 34.8 Å². The lowest BCUT2D eigenvalue weighted by Gasteiger charge is -2.18. The smallest absolute Gasteiger partial charge is 0.408 e. The zero-order valence-corrected chi connectivity index (χ0v) is 19.8. The van der Waals surface area contributed by atoms with Crippen LogP contribution in [0.3, 0.4) is 0 Å². The van der Waals surface area contributed by atoms with Gasteiger partial charge in [-0.15, -0.1) is 0 Å². The summed E-state index contributed by atoms with van der Waals surface area (Å²) < 4.78 is 16.3. The number of rotatable bonds is 8. The number of thioether (sulfide) groups is 1. The number of carbonyl (C=O) groups is 2. The molecule has 1 atom stereocenters. The maximum atomic E-state index is 12.9. The zero-order chi connectivity index (χ0) is 23.9. The van der Waals surface area contributed by atoms with Gasteiger partial charge in [0.25, 0.3) is 0 Å². The molecular formula is C26H27NO6S. The van der Waals surface area contributed by atoms with Crippen molar-refractivity contribution in [2.75, 3.05) is 12.0 Å². The first kappa shape index (κ1) is 23.9. The first-order valence-electron chi connectivity index (χ1n) is 11.3. The van der Waals surface area contributed by atoms with Gasteiger partial charge in [0.05, 0.1) is 0 Å². The molecule has 0 bridgehead atoms. The maximum absolute atomic E-state index is 12.9. The van der Waals surface area contributed by atoms with E-state index in [1.165, 1.54) is 0 Å². The van der Waals surface area contributed by atoms with E-state index in [1.807, 2.05) is 42.7 Å². The van der Waals surface area contributed by atoms with E-state index in [2.05, 4.69) is 5.32 Å². The lowest BCUT2D eigenvalue weighted by Crippen LogP contribution is -2.43. The van der Waals surface area contributed by atoms with Crippen LogP contribution in [0.15, 0.2) is 57.7 Å². The minimum atomic E-state index is -0.873. The van der Waals surface area contributed by atoms with Gasteiger partial charge in [-0.3, -0.25) is 0 Å². The topological polar surface area (TPSA) is 94.8 Å². The molecule has 34 heavy (non-hydrogen) atoms. The lowest BCUT2D eigenvalue weighted by atomic mass is 9.91. The van der Waals surface area contributed by atoms with Crippen molar-refractivity contribution in [1.82, 2.24) is 5.32 Å². The van der Waals surface area contributed by atoms with Crippen LogP contribution in [0.5, 0.6) is 5.75 Å². The van der Waals surface area contributed by atoms with Crippen molar-refractivity contribution in [3.8, 4) is 5.75 Å². The molecule has 8 heteroatoms. The summed E-state index contributed by atoms with van der Waals surface area (Å²) in [5, 5.41) is 3.48. The molecule has 1 aliphatic carbocycles. The van der Waals surface area contributed by atoms with Crippen LogP contribution < -0.4 is 15.7 Å². The highest BCUT2D eigenvalue weighted by molar-refractivity contribution is 7.98. The quantitative estimate of drug-likeness (QED) is 0.285. The number of hydrogen-bond donors (Lipinski definition) is 1. The van der Waals surface area contributed by atoms with Crippen molar-refractivity contribution in [3.05, 3.63) is 75.6 Å². The van der Waals surface area contributed by atoms with Gasteiger partial charge in [0.2, 0.25) is 0 Å². The van der Waals surface area contributed by atoms with Gasteiger partial charge in [0.15, 0.2) is 0 Å². The molecule has 4 rings (SSSR count). The Kier molecular flexibility index (Phi) is 7.90. The van der Waals surface area contributed by atoms with Gasteiger partial charge in [0.1, 0.15) is 24.0 Å². The van der Waals surface area contributed by atoms with E-state index in [1.54, 1.807) is 23.9 Å². The number of aryl methyl sites for hydroxylation is 1. The third-order valence-corrected chi connectivity index (χ3v) is 6.46. The largest absolute Gasteiger partial charge is 0.445 e. The number of esters is 1. The van der Waals surface area contributed by atoms with Crippen LogP contribution in [0.1, 0.15) is 36.0 Å². The van der Waals surface area contributed by atoms with E-state index in [4.69, 9.17) is 13.9 Å². The molecule has 1 N–H and O–H groups in total. The molecule has 0 radical (unpaired) electrons. The Hall–Kier alpha value is -3.26. The van der Waals surface area contributed by atoms with E-state index in [0.717, 1.165) is 47.8 Å². The van der Waals surface area contributed by atoms with E-state index in [9.17, 15) is 14.4 Å². The van der Waals surface area contributed by atoms with Crippen LogP contribution in [-0.2, 0) is 29.0 Å². The Balaban J connectivity index is 1.45. The Morgan fingerprint density at radius 1 is 1.09 bits per heavy atom. The van der Waals surface area contributed by atoms with Crippen LogP contribution in [0.4, 0.5) is 4.79 Å². The number of ether oxygens (including phenoxy) is 2. The summed E-state index contributed by atoms with van der Waals surface area (Å²) in [6.45, 7) is 0.102. The molecule has 178 valence electrons. The van der Waals surface area contributed by atoms with Gasteiger partial charge in [-0.05, 0) is 67.4 Å². The molecule has 3 aromatic rings. The summed E-state index contributed by atoms with van der Waals surface area (Å²) in [4.78, 5) is 37.6. The highest BCUT2D eigenvalue weighted by Gasteiger charge is 2.24. The lowest BCUT2D eigenvalue weighted by molar-refractivity contribution is -0.136. The predicted octanol–water partition coefficient (Wildman–Crippen LogP) is 4.63. The van der Waals surface area contributed by atoms with Crippen molar-refractivity contribution in [2.45, 2.75) is 44.8 Å². The van der Waals surface area contributed by atoms with Gasteiger partial charge < -0.3 is 19.2 Å². The molecular weight excluding hydrogens is 454 g/mol. The fraction of sp³-hybridized carbons (Fsp3) is 0.346. The van der Waals surface area contributed by atoms with Crippen molar-refractivity contribution in [1.29, 1.82) is 0 Å². The summed E-state index contributed by atoms with van der Waals surface area (Å²) >= 11 is 1.56. The normalized spacial score (nSPS) is 13.7. The fourth-order valence-electron chi connectivity index (χ4n) is 4.07. The summed E-state index contributed by atoms with van der Waals surface area (Å²) in [5.41, 5.74) is 2.69. The first-order chi connectivity index (χ1) is 16.5. The summed E-state index contributed by atoms with van der Waals surface area (Å²) in [5.74, 6) is 0.299. The second-order valence-corrected chi connectivity index (χ2v) is 9.16. The van der Waals surface area contributed by atoms with Crippen molar-refractivity contribution in [3.63, 3.8) is 0 Å². The molecule has 0 saturated carbocycles. The fourth-order valence-corrected chi connectivity index (χ4v) is 4.54. The van der Waals surface area contributed by atoms with Gasteiger partial charge in [-0.1, -0.05) is 30.3 Å². The number of alkyl carbamates (subject to hydrolysis) is 1. The summed E-state index contributed by atoms with van der Waals surface area (Å²) in [7, 11) is 0. The predicted molar refractivity (Wildman–Crippen MR) is 131 cm³/mol. The Morgan fingerprint density at radius 3 is 2.62 bits per heavy atom. The minimum absolute atomic E-state index is 0.102. The van der Waals surface area contributed by atoms with Crippen molar-refractivity contribution in [2.24, 2.45) is 0 Å². The molecule has 1 aliphatic rings. The van der Waals surface area contributed by atoms with E-state index >= 15 is 0 Å². The molecule has 0 fully saturated rings. The van der Waals surface area contributed by atoms with Gasteiger partial charge in [0, 0.05) is 17.0 Å². The Bertz CT molecular complexity index is 1220. The van der Waals surface area contributed by atoms with Crippen LogP contribution in [0.25, 0.3) is 11.0 Å². The van der Waals surface area contributed by atoms with E-state index in [-0.39, 0.29) is 18.0 Å². The third-order valence-electron chi connectivity index (χ3n) is 5.81. The average Bonchev–Trinajstić information content (AvgIpc) is 2.86. The Morgan fingerprint density at radius 2 is 1.85 bits per heavy atom. The van der Waals surface area contributed by atoms with E-state index < -0.39 is 18.1 Å². The first-order valence-corrected chi connectivity index (χ1v) is 12.7. The highest BCUT2D eigenvalue weighted by Crippen LogP contribution is 2.29. The van der Waals surface area contributed by atoms with Crippen LogP contribution in [0, 0.1) is 0 Å². The molecule has 0 aliphatic heterocycles. The monoisotopic (exact) mass is 481 g/mol. The van der Waals surface area contributed by atoms with Crippen LogP contribution in [0.2, 0.25) is 0 Å². The van der Waals surface area contributed by atoms with Gasteiger partial charge in [-0.2, -0.15) is 11.8 Å². The Labute approximate surface area is 201 Å². The number of nitrogens with one attached hydrogen (secondary N) is 1. The summed E-state index contributed by atoms with van der Waals surface area (Å²) in [6.07, 6.45) is 5.19. The van der Waals surface area contributed by atoms with Gasteiger partial charge >= 0.3 is 17.7 Å². The van der Waals surface area contributed by atoms with Gasteiger partial charge in [-0.25, -0.2) is 14.4 Å². The van der Waals surface area contributed by atoms with Crippen LogP contribution in [-0.4, -0.2) is 30.1 Å². The summed E-state index contributed by atoms with van der Waals surface area (Å²) in [6, 6.07) is 13.5. The van der Waals surface area contributed by atoms with Crippen LogP contribution >= 0.6 is 11.8 Å². The third kappa shape index (κ3) is 5.80. The second kappa shape index (κ2) is 11.2. The number of amides is 1. The molecule has 1 unspecified atom stereocenters. The molecule has 1 heterocycles.